The minimum absolute atomic E-state index is 0.0783. The van der Waals surface area contributed by atoms with Gasteiger partial charge >= 0.3 is 6.18 Å². The molecule has 35 heavy (non-hydrogen) atoms. The standard InChI is InChI=1S/C21H27F3N10O/c1-12-9-33(10-13(2)28-12)20-29-15-17(32-3-5-35-6-4-32)30-16(14-7-26-19(25)27-8-14)31-18(15)34(20)11-21(22,23)24/h7-8,12-13,28H,3-6,9-11H2,1-2H3,(H2,25,26,27)/t12-,13?/m0/s1. The first kappa shape index (κ1) is 23.5. The van der Waals surface area contributed by atoms with Crippen LogP contribution in [0, 0.1) is 0 Å². The number of anilines is 3. The largest absolute Gasteiger partial charge is 0.406 e. The third-order valence-electron chi connectivity index (χ3n) is 5.97. The van der Waals surface area contributed by atoms with Gasteiger partial charge in [-0.05, 0) is 13.8 Å². The Bertz CT molecular complexity index is 1180. The molecule has 3 N–H and O–H groups in total. The molecule has 2 fully saturated rings. The van der Waals surface area contributed by atoms with Crippen molar-refractivity contribution in [3.63, 3.8) is 0 Å². The summed E-state index contributed by atoms with van der Waals surface area (Å²) >= 11 is 0. The zero-order chi connectivity index (χ0) is 24.7. The van der Waals surface area contributed by atoms with Gasteiger partial charge in [-0.2, -0.15) is 13.2 Å². The van der Waals surface area contributed by atoms with Gasteiger partial charge in [-0.3, -0.25) is 4.57 Å². The highest BCUT2D eigenvalue weighted by Crippen LogP contribution is 2.33. The maximum atomic E-state index is 13.8. The van der Waals surface area contributed by atoms with Gasteiger partial charge in [-0.1, -0.05) is 0 Å². The molecule has 0 aromatic carbocycles. The Morgan fingerprint density at radius 2 is 1.69 bits per heavy atom. The molecule has 5 heterocycles. The van der Waals surface area contributed by atoms with Crippen molar-refractivity contribution in [2.24, 2.45) is 0 Å². The molecular weight excluding hydrogens is 465 g/mol. The molecule has 1 unspecified atom stereocenters. The van der Waals surface area contributed by atoms with Crippen molar-refractivity contribution in [2.75, 3.05) is 54.9 Å². The van der Waals surface area contributed by atoms with E-state index in [0.29, 0.717) is 56.3 Å². The maximum absolute atomic E-state index is 13.8. The van der Waals surface area contributed by atoms with Gasteiger partial charge in [-0.25, -0.2) is 24.9 Å². The van der Waals surface area contributed by atoms with E-state index in [1.165, 1.54) is 12.4 Å². The first-order valence-electron chi connectivity index (χ1n) is 11.4. The first-order valence-corrected chi connectivity index (χ1v) is 11.4. The third kappa shape index (κ3) is 4.93. The number of aromatic nitrogens is 6. The summed E-state index contributed by atoms with van der Waals surface area (Å²) in [4.78, 5) is 25.8. The Labute approximate surface area is 199 Å². The highest BCUT2D eigenvalue weighted by molar-refractivity contribution is 5.88. The SMILES string of the molecule is CC1CN(c2nc3c(N4CCOCC4)nc(-c4cnc(N)nc4)nc3n2CC(F)(F)F)C[C@H](C)N1. The molecule has 2 atom stereocenters. The monoisotopic (exact) mass is 492 g/mol. The van der Waals surface area contributed by atoms with Crippen LogP contribution in [0.2, 0.25) is 0 Å². The molecule has 0 aliphatic carbocycles. The lowest BCUT2D eigenvalue weighted by atomic mass is 10.1. The Morgan fingerprint density at radius 3 is 2.31 bits per heavy atom. The van der Waals surface area contributed by atoms with Crippen LogP contribution < -0.4 is 20.9 Å². The van der Waals surface area contributed by atoms with Crippen LogP contribution in [0.25, 0.3) is 22.6 Å². The second-order valence-corrected chi connectivity index (χ2v) is 8.96. The van der Waals surface area contributed by atoms with Crippen LogP contribution in [0.15, 0.2) is 12.4 Å². The average Bonchev–Trinajstić information content (AvgIpc) is 3.16. The van der Waals surface area contributed by atoms with Crippen LogP contribution in [-0.4, -0.2) is 87.1 Å². The molecule has 11 nitrogen and oxygen atoms in total. The Hall–Kier alpha value is -3.26. The number of morpholine rings is 1. The zero-order valence-corrected chi connectivity index (χ0v) is 19.5. The summed E-state index contributed by atoms with van der Waals surface area (Å²) in [7, 11) is 0. The highest BCUT2D eigenvalue weighted by Gasteiger charge is 2.35. The summed E-state index contributed by atoms with van der Waals surface area (Å²) in [5, 5.41) is 3.40. The zero-order valence-electron chi connectivity index (χ0n) is 19.5. The minimum Gasteiger partial charge on any atom is -0.378 e. The number of piperazine rings is 1. The molecule has 2 saturated heterocycles. The van der Waals surface area contributed by atoms with Crippen LogP contribution in [0.4, 0.5) is 30.9 Å². The second-order valence-electron chi connectivity index (χ2n) is 8.96. The Balaban J connectivity index is 1.72. The molecule has 5 rings (SSSR count). The fourth-order valence-corrected chi connectivity index (χ4v) is 4.61. The summed E-state index contributed by atoms with van der Waals surface area (Å²) in [6.45, 7) is 5.84. The predicted octanol–water partition coefficient (Wildman–Crippen LogP) is 1.45. The molecule has 188 valence electrons. The summed E-state index contributed by atoms with van der Waals surface area (Å²) in [6.07, 6.45) is -1.56. The number of nitrogens with one attached hydrogen (secondary N) is 1. The number of rotatable bonds is 4. The van der Waals surface area contributed by atoms with Crippen molar-refractivity contribution in [2.45, 2.75) is 38.7 Å². The van der Waals surface area contributed by atoms with E-state index < -0.39 is 12.7 Å². The van der Waals surface area contributed by atoms with Crippen LogP contribution in [-0.2, 0) is 11.3 Å². The van der Waals surface area contributed by atoms with Crippen LogP contribution in [0.3, 0.4) is 0 Å². The number of nitrogens with two attached hydrogens (primary N) is 1. The van der Waals surface area contributed by atoms with E-state index in [2.05, 4.69) is 20.3 Å². The fraction of sp³-hybridized carbons (Fsp3) is 0.571. The van der Waals surface area contributed by atoms with Crippen molar-refractivity contribution in [1.29, 1.82) is 0 Å². The third-order valence-corrected chi connectivity index (χ3v) is 5.97. The molecule has 0 radical (unpaired) electrons. The fourth-order valence-electron chi connectivity index (χ4n) is 4.61. The van der Waals surface area contributed by atoms with Gasteiger partial charge in [0.15, 0.2) is 22.8 Å². The van der Waals surface area contributed by atoms with Gasteiger partial charge in [0.2, 0.25) is 11.9 Å². The van der Waals surface area contributed by atoms with Crippen molar-refractivity contribution >= 4 is 28.9 Å². The number of fused-ring (bicyclic) bond motifs is 1. The van der Waals surface area contributed by atoms with Gasteiger partial charge in [0.25, 0.3) is 0 Å². The number of nitrogen functional groups attached to an aromatic ring is 1. The smallest absolute Gasteiger partial charge is 0.378 e. The molecule has 2 aliphatic rings. The van der Waals surface area contributed by atoms with E-state index in [4.69, 9.17) is 20.4 Å². The first-order chi connectivity index (χ1) is 16.7. The number of imidazole rings is 1. The van der Waals surface area contributed by atoms with Gasteiger partial charge < -0.3 is 25.6 Å². The van der Waals surface area contributed by atoms with E-state index in [9.17, 15) is 13.2 Å². The lowest BCUT2D eigenvalue weighted by Crippen LogP contribution is -2.55. The lowest BCUT2D eigenvalue weighted by Gasteiger charge is -2.37. The Kier molecular flexibility index (Phi) is 6.09. The number of alkyl halides is 3. The van der Waals surface area contributed by atoms with Crippen LogP contribution >= 0.6 is 0 Å². The Morgan fingerprint density at radius 1 is 1.03 bits per heavy atom. The second kappa shape index (κ2) is 9.07. The predicted molar refractivity (Wildman–Crippen MR) is 124 cm³/mol. The quantitative estimate of drug-likeness (QED) is 0.553. The molecule has 0 spiro atoms. The summed E-state index contributed by atoms with van der Waals surface area (Å²) in [6, 6.07) is 0.176. The summed E-state index contributed by atoms with van der Waals surface area (Å²) < 4.78 is 48.0. The summed E-state index contributed by atoms with van der Waals surface area (Å²) in [5.41, 5.74) is 6.49. The van der Waals surface area contributed by atoms with Crippen molar-refractivity contribution < 1.29 is 17.9 Å². The van der Waals surface area contributed by atoms with Crippen LogP contribution in [0.1, 0.15) is 13.8 Å². The number of halogens is 3. The molecule has 0 amide bonds. The normalized spacial score (nSPS) is 21.6. The molecule has 2 aliphatic heterocycles. The maximum Gasteiger partial charge on any atom is 0.406 e. The van der Waals surface area contributed by atoms with Crippen molar-refractivity contribution in [3.8, 4) is 11.4 Å². The molecule has 3 aromatic heterocycles. The van der Waals surface area contributed by atoms with E-state index in [1.807, 2.05) is 23.6 Å². The molecule has 14 heteroatoms. The van der Waals surface area contributed by atoms with Gasteiger partial charge in [0.05, 0.1) is 18.8 Å². The molecule has 0 saturated carbocycles. The van der Waals surface area contributed by atoms with Crippen LogP contribution in [0.5, 0.6) is 0 Å². The summed E-state index contributed by atoms with van der Waals surface area (Å²) in [5.74, 6) is 0.973. The van der Waals surface area contributed by atoms with E-state index in [1.54, 1.807) is 0 Å². The van der Waals surface area contributed by atoms with Crippen molar-refractivity contribution in [1.82, 2.24) is 34.8 Å². The highest BCUT2D eigenvalue weighted by atomic mass is 19.4. The molecule has 3 aromatic rings. The molecular formula is C21H27F3N10O. The van der Waals surface area contributed by atoms with E-state index in [-0.39, 0.29) is 35.5 Å². The van der Waals surface area contributed by atoms with Gasteiger partial charge in [0, 0.05) is 50.7 Å². The van der Waals surface area contributed by atoms with Gasteiger partial charge in [0.1, 0.15) is 6.54 Å². The topological polar surface area (TPSA) is 123 Å². The average molecular weight is 493 g/mol. The number of nitrogens with zero attached hydrogens (tertiary/aromatic N) is 8. The van der Waals surface area contributed by atoms with E-state index >= 15 is 0 Å². The van der Waals surface area contributed by atoms with E-state index in [0.717, 1.165) is 4.57 Å². The number of hydrogen-bond acceptors (Lipinski definition) is 10. The minimum atomic E-state index is -4.47. The van der Waals surface area contributed by atoms with Gasteiger partial charge in [-0.15, -0.1) is 0 Å². The number of ether oxygens (including phenoxy) is 1. The van der Waals surface area contributed by atoms with Crippen molar-refractivity contribution in [3.05, 3.63) is 12.4 Å². The number of hydrogen-bond donors (Lipinski definition) is 2. The lowest BCUT2D eigenvalue weighted by molar-refractivity contribution is -0.139. The molecule has 0 bridgehead atoms.